The van der Waals surface area contributed by atoms with Crippen molar-refractivity contribution in [1.82, 2.24) is 9.97 Å². The second-order valence-corrected chi connectivity index (χ2v) is 6.33. The van der Waals surface area contributed by atoms with Crippen molar-refractivity contribution in [3.05, 3.63) is 85.6 Å². The summed E-state index contributed by atoms with van der Waals surface area (Å²) in [6.07, 6.45) is 2.98. The molecule has 3 aromatic carbocycles. The summed E-state index contributed by atoms with van der Waals surface area (Å²) < 4.78 is 0. The lowest BCUT2D eigenvalue weighted by molar-refractivity contribution is -0.111. The number of anilines is 2. The maximum Gasteiger partial charge on any atom is 0.247 e. The average molecular weight is 366 g/mol. The fourth-order valence-electron chi connectivity index (χ4n) is 3.13. The Morgan fingerprint density at radius 2 is 1.75 bits per heavy atom. The molecule has 4 rings (SSSR count). The van der Waals surface area contributed by atoms with Gasteiger partial charge in [-0.2, -0.15) is 0 Å². The number of carbonyl (C=O) groups is 1. The number of benzene rings is 3. The van der Waals surface area contributed by atoms with Crippen molar-refractivity contribution in [1.29, 1.82) is 0 Å². The fourth-order valence-corrected chi connectivity index (χ4v) is 3.13. The van der Waals surface area contributed by atoms with E-state index in [-0.39, 0.29) is 11.9 Å². The van der Waals surface area contributed by atoms with Gasteiger partial charge in [0.25, 0.3) is 0 Å². The van der Waals surface area contributed by atoms with Gasteiger partial charge in [-0.1, -0.05) is 49.0 Å². The molecule has 28 heavy (non-hydrogen) atoms. The molecule has 0 bridgehead atoms. The van der Waals surface area contributed by atoms with Crippen LogP contribution in [0.2, 0.25) is 0 Å². The monoisotopic (exact) mass is 366 g/mol. The Hall–Kier alpha value is -3.99. The molecule has 0 fully saturated rings. The molecule has 5 heteroatoms. The van der Waals surface area contributed by atoms with E-state index in [4.69, 9.17) is 5.73 Å². The summed E-state index contributed by atoms with van der Waals surface area (Å²) in [5, 5.41) is 3.69. The predicted molar refractivity (Wildman–Crippen MR) is 114 cm³/mol. The van der Waals surface area contributed by atoms with Crippen LogP contribution in [0.1, 0.15) is 0 Å². The van der Waals surface area contributed by atoms with Crippen LogP contribution in [0, 0.1) is 0 Å². The first-order valence-corrected chi connectivity index (χ1v) is 8.79. The van der Waals surface area contributed by atoms with Gasteiger partial charge >= 0.3 is 0 Å². The largest absolute Gasteiger partial charge is 0.368 e. The van der Waals surface area contributed by atoms with E-state index in [1.54, 1.807) is 6.20 Å². The van der Waals surface area contributed by atoms with E-state index in [0.29, 0.717) is 5.69 Å². The molecule has 1 amide bonds. The summed E-state index contributed by atoms with van der Waals surface area (Å²) >= 11 is 0. The first kappa shape index (κ1) is 17.4. The molecular weight excluding hydrogens is 348 g/mol. The highest BCUT2D eigenvalue weighted by molar-refractivity contribution is 6.01. The number of carbonyl (C=O) groups excluding carboxylic acids is 1. The number of nitrogens with two attached hydrogens (primary N) is 1. The highest BCUT2D eigenvalue weighted by atomic mass is 16.1. The number of hydrogen-bond acceptors (Lipinski definition) is 4. The minimum atomic E-state index is -0.258. The first-order chi connectivity index (χ1) is 13.6. The topological polar surface area (TPSA) is 80.9 Å². The molecule has 0 unspecified atom stereocenters. The van der Waals surface area contributed by atoms with Gasteiger partial charge < -0.3 is 11.1 Å². The smallest absolute Gasteiger partial charge is 0.247 e. The molecule has 5 nitrogen and oxygen atoms in total. The van der Waals surface area contributed by atoms with Crippen molar-refractivity contribution in [3.8, 4) is 22.3 Å². The average Bonchev–Trinajstić information content (AvgIpc) is 2.73. The Balaban J connectivity index is 1.92. The van der Waals surface area contributed by atoms with Gasteiger partial charge in [-0.05, 0) is 47.0 Å². The van der Waals surface area contributed by atoms with Gasteiger partial charge in [0.1, 0.15) is 0 Å². The number of hydrogen-bond donors (Lipinski definition) is 2. The molecule has 0 aliphatic carbocycles. The van der Waals surface area contributed by atoms with Gasteiger partial charge in [0.15, 0.2) is 0 Å². The Kier molecular flexibility index (Phi) is 4.56. The van der Waals surface area contributed by atoms with Crippen molar-refractivity contribution in [2.45, 2.75) is 0 Å². The maximum absolute atomic E-state index is 11.7. The molecule has 136 valence electrons. The Labute approximate surface area is 162 Å². The number of nitrogens with zero attached hydrogens (tertiary/aromatic N) is 2. The molecule has 0 saturated heterocycles. The molecular formula is C23H18N4O. The maximum atomic E-state index is 11.7. The molecule has 0 radical (unpaired) electrons. The van der Waals surface area contributed by atoms with Crippen LogP contribution < -0.4 is 11.1 Å². The lowest BCUT2D eigenvalue weighted by Gasteiger charge is -2.12. The number of fused-ring (bicyclic) bond motifs is 1. The number of nitrogen functional groups attached to an aromatic ring is 1. The van der Waals surface area contributed by atoms with Crippen LogP contribution in [0.3, 0.4) is 0 Å². The summed E-state index contributed by atoms with van der Waals surface area (Å²) in [7, 11) is 0. The predicted octanol–water partition coefficient (Wildman–Crippen LogP) is 4.67. The minimum Gasteiger partial charge on any atom is -0.368 e. The fraction of sp³-hybridized carbons (Fsp3) is 0. The Morgan fingerprint density at radius 3 is 2.54 bits per heavy atom. The lowest BCUT2D eigenvalue weighted by atomic mass is 9.96. The molecule has 0 aliphatic heterocycles. The highest BCUT2D eigenvalue weighted by Gasteiger charge is 2.11. The molecule has 3 N–H and O–H groups in total. The Morgan fingerprint density at radius 1 is 0.964 bits per heavy atom. The minimum absolute atomic E-state index is 0.220. The van der Waals surface area contributed by atoms with Crippen LogP contribution in [0.25, 0.3) is 33.2 Å². The van der Waals surface area contributed by atoms with Crippen molar-refractivity contribution >= 4 is 28.4 Å². The van der Waals surface area contributed by atoms with Crippen molar-refractivity contribution in [2.75, 3.05) is 11.1 Å². The van der Waals surface area contributed by atoms with E-state index in [9.17, 15) is 4.79 Å². The Bertz CT molecular complexity index is 1190. The van der Waals surface area contributed by atoms with Gasteiger partial charge in [-0.15, -0.1) is 0 Å². The number of nitrogens with one attached hydrogen (secondary N) is 1. The van der Waals surface area contributed by atoms with Gasteiger partial charge in [-0.3, -0.25) is 4.79 Å². The first-order valence-electron chi connectivity index (χ1n) is 8.79. The van der Waals surface area contributed by atoms with E-state index in [1.807, 2.05) is 42.5 Å². The van der Waals surface area contributed by atoms with E-state index in [0.717, 1.165) is 33.2 Å². The van der Waals surface area contributed by atoms with Crippen molar-refractivity contribution < 1.29 is 4.79 Å². The molecule has 0 aliphatic rings. The zero-order valence-corrected chi connectivity index (χ0v) is 15.1. The molecule has 0 spiro atoms. The quantitative estimate of drug-likeness (QED) is 0.514. The summed E-state index contributed by atoms with van der Waals surface area (Å²) in [5.74, 6) is -0.0380. The van der Waals surface area contributed by atoms with Gasteiger partial charge in [0.05, 0.1) is 5.52 Å². The SMILES string of the molecule is C=CC(=O)Nc1cccc(-c2cc(-c3ccccc3)cc3cnc(N)nc23)c1. The zero-order chi connectivity index (χ0) is 19.5. The van der Waals surface area contributed by atoms with Gasteiger partial charge in [0.2, 0.25) is 11.9 Å². The van der Waals surface area contributed by atoms with Crippen molar-refractivity contribution in [3.63, 3.8) is 0 Å². The van der Waals surface area contributed by atoms with Crippen LogP contribution in [0.5, 0.6) is 0 Å². The molecule has 4 aromatic rings. The normalized spacial score (nSPS) is 10.6. The molecule has 1 aromatic heterocycles. The molecule has 0 atom stereocenters. The van der Waals surface area contributed by atoms with Crippen LogP contribution in [0.15, 0.2) is 85.6 Å². The van der Waals surface area contributed by atoms with Crippen molar-refractivity contribution in [2.24, 2.45) is 0 Å². The van der Waals surface area contributed by atoms with Crippen LogP contribution in [-0.2, 0) is 4.79 Å². The summed E-state index contributed by atoms with van der Waals surface area (Å²) in [6, 6.07) is 21.9. The number of amides is 1. The summed E-state index contributed by atoms with van der Waals surface area (Å²) in [5.41, 5.74) is 11.3. The van der Waals surface area contributed by atoms with Gasteiger partial charge in [0, 0.05) is 22.8 Å². The third-order valence-electron chi connectivity index (χ3n) is 4.44. The van der Waals surface area contributed by atoms with Crippen LogP contribution in [0.4, 0.5) is 11.6 Å². The van der Waals surface area contributed by atoms with E-state index in [1.165, 1.54) is 6.08 Å². The third kappa shape index (κ3) is 3.46. The third-order valence-corrected chi connectivity index (χ3v) is 4.44. The van der Waals surface area contributed by atoms with E-state index in [2.05, 4.69) is 46.1 Å². The van der Waals surface area contributed by atoms with Gasteiger partial charge in [-0.25, -0.2) is 9.97 Å². The van der Waals surface area contributed by atoms with E-state index < -0.39 is 0 Å². The lowest BCUT2D eigenvalue weighted by Crippen LogP contribution is -2.07. The summed E-state index contributed by atoms with van der Waals surface area (Å²) in [4.78, 5) is 20.3. The second kappa shape index (κ2) is 7.32. The van der Waals surface area contributed by atoms with Crippen LogP contribution >= 0.6 is 0 Å². The zero-order valence-electron chi connectivity index (χ0n) is 15.1. The van der Waals surface area contributed by atoms with Crippen LogP contribution in [-0.4, -0.2) is 15.9 Å². The standard InChI is InChI=1S/C23H18N4O/c1-2-21(28)26-19-10-6-9-16(12-19)20-13-17(15-7-4-3-5-8-15)11-18-14-25-23(24)27-22(18)20/h2-14H,1H2,(H,26,28)(H2,24,25,27). The molecule has 1 heterocycles. The second-order valence-electron chi connectivity index (χ2n) is 6.33. The number of rotatable bonds is 4. The van der Waals surface area contributed by atoms with E-state index >= 15 is 0 Å². The highest BCUT2D eigenvalue weighted by Crippen LogP contribution is 2.34. The molecule has 0 saturated carbocycles. The summed E-state index contributed by atoms with van der Waals surface area (Å²) in [6.45, 7) is 3.49. The number of aromatic nitrogens is 2.